The van der Waals surface area contributed by atoms with E-state index in [4.69, 9.17) is 4.74 Å². The molecule has 0 spiro atoms. The molecule has 116 valence electrons. The second kappa shape index (κ2) is 7.38. The number of rotatable bonds is 4. The number of hydrogen-bond donors (Lipinski definition) is 1. The summed E-state index contributed by atoms with van der Waals surface area (Å²) < 4.78 is 5.27. The zero-order chi connectivity index (χ0) is 14.5. The molecule has 20 heavy (non-hydrogen) atoms. The number of morpholine rings is 1. The first-order valence-electron chi connectivity index (χ1n) is 7.87. The maximum atomic E-state index is 12.1. The SMILES string of the molecule is CC1CN(C)C(C)CC1NCCC(=O)N1CCOCC1. The van der Waals surface area contributed by atoms with Gasteiger partial charge in [0.15, 0.2) is 0 Å². The normalized spacial score (nSPS) is 32.4. The summed E-state index contributed by atoms with van der Waals surface area (Å²) in [6.07, 6.45) is 1.77. The second-order valence-electron chi connectivity index (χ2n) is 6.31. The Morgan fingerprint density at radius 1 is 1.30 bits per heavy atom. The summed E-state index contributed by atoms with van der Waals surface area (Å²) in [6, 6.07) is 1.16. The highest BCUT2D eigenvalue weighted by Crippen LogP contribution is 2.20. The van der Waals surface area contributed by atoms with E-state index in [-0.39, 0.29) is 5.91 Å². The van der Waals surface area contributed by atoms with Crippen LogP contribution in [0.5, 0.6) is 0 Å². The van der Waals surface area contributed by atoms with Crippen LogP contribution in [0, 0.1) is 5.92 Å². The van der Waals surface area contributed by atoms with E-state index in [1.807, 2.05) is 4.90 Å². The van der Waals surface area contributed by atoms with Crippen LogP contribution in [-0.2, 0) is 9.53 Å². The Kier molecular flexibility index (Phi) is 5.81. The van der Waals surface area contributed by atoms with Crippen molar-refractivity contribution >= 4 is 5.91 Å². The molecule has 5 nitrogen and oxygen atoms in total. The predicted octanol–water partition coefficient (Wildman–Crippen LogP) is 0.554. The molecule has 1 N–H and O–H groups in total. The van der Waals surface area contributed by atoms with Crippen LogP contribution in [0.1, 0.15) is 26.7 Å². The van der Waals surface area contributed by atoms with Gasteiger partial charge in [0.2, 0.25) is 5.91 Å². The van der Waals surface area contributed by atoms with E-state index >= 15 is 0 Å². The molecule has 2 heterocycles. The lowest BCUT2D eigenvalue weighted by Crippen LogP contribution is -2.51. The van der Waals surface area contributed by atoms with Crippen LogP contribution in [0.4, 0.5) is 0 Å². The third-order valence-electron chi connectivity index (χ3n) is 4.72. The van der Waals surface area contributed by atoms with Gasteiger partial charge in [-0.15, -0.1) is 0 Å². The molecule has 3 atom stereocenters. The van der Waals surface area contributed by atoms with E-state index in [1.54, 1.807) is 0 Å². The van der Waals surface area contributed by atoms with Gasteiger partial charge in [0.25, 0.3) is 0 Å². The molecule has 2 fully saturated rings. The summed E-state index contributed by atoms with van der Waals surface area (Å²) in [6.45, 7) is 9.37. The summed E-state index contributed by atoms with van der Waals surface area (Å²) in [5, 5.41) is 3.59. The van der Waals surface area contributed by atoms with Crippen LogP contribution in [-0.4, -0.2) is 74.2 Å². The Bertz CT molecular complexity index is 318. The number of amides is 1. The number of nitrogens with one attached hydrogen (secondary N) is 1. The van der Waals surface area contributed by atoms with E-state index < -0.39 is 0 Å². The maximum Gasteiger partial charge on any atom is 0.224 e. The fraction of sp³-hybridized carbons (Fsp3) is 0.933. The maximum absolute atomic E-state index is 12.1. The largest absolute Gasteiger partial charge is 0.378 e. The van der Waals surface area contributed by atoms with Crippen LogP contribution in [0.3, 0.4) is 0 Å². The molecule has 0 radical (unpaired) electrons. The monoisotopic (exact) mass is 283 g/mol. The Morgan fingerprint density at radius 2 is 2.00 bits per heavy atom. The Hall–Kier alpha value is -0.650. The summed E-state index contributed by atoms with van der Waals surface area (Å²) in [4.78, 5) is 16.4. The molecule has 0 aromatic carbocycles. The van der Waals surface area contributed by atoms with E-state index in [2.05, 4.69) is 31.1 Å². The summed E-state index contributed by atoms with van der Waals surface area (Å²) in [5.74, 6) is 0.907. The minimum Gasteiger partial charge on any atom is -0.378 e. The molecule has 2 aliphatic rings. The minimum atomic E-state index is 0.259. The molecule has 0 aromatic heterocycles. The number of carbonyl (C=O) groups is 1. The van der Waals surface area contributed by atoms with Crippen molar-refractivity contribution in [3.63, 3.8) is 0 Å². The van der Waals surface area contributed by atoms with Crippen molar-refractivity contribution in [3.8, 4) is 0 Å². The number of hydrogen-bond acceptors (Lipinski definition) is 4. The van der Waals surface area contributed by atoms with E-state index in [1.165, 1.54) is 6.42 Å². The molecule has 1 amide bonds. The average molecular weight is 283 g/mol. The van der Waals surface area contributed by atoms with Crippen molar-refractivity contribution in [1.82, 2.24) is 15.1 Å². The highest BCUT2D eigenvalue weighted by atomic mass is 16.5. The highest BCUT2D eigenvalue weighted by Gasteiger charge is 2.28. The number of ether oxygens (including phenoxy) is 1. The number of nitrogens with zero attached hydrogens (tertiary/aromatic N) is 2. The van der Waals surface area contributed by atoms with E-state index in [0.29, 0.717) is 37.6 Å². The van der Waals surface area contributed by atoms with Gasteiger partial charge in [0.05, 0.1) is 13.2 Å². The van der Waals surface area contributed by atoms with Gasteiger partial charge in [0.1, 0.15) is 0 Å². The first kappa shape index (κ1) is 15.7. The van der Waals surface area contributed by atoms with Crippen LogP contribution in [0.2, 0.25) is 0 Å². The third kappa shape index (κ3) is 4.17. The van der Waals surface area contributed by atoms with Crippen molar-refractivity contribution in [2.24, 2.45) is 5.92 Å². The van der Waals surface area contributed by atoms with Crippen LogP contribution in [0.25, 0.3) is 0 Å². The summed E-state index contributed by atoms with van der Waals surface area (Å²) in [7, 11) is 2.19. The lowest BCUT2D eigenvalue weighted by atomic mass is 9.90. The van der Waals surface area contributed by atoms with Gasteiger partial charge >= 0.3 is 0 Å². The summed E-state index contributed by atoms with van der Waals surface area (Å²) in [5.41, 5.74) is 0. The molecule has 5 heteroatoms. The van der Waals surface area contributed by atoms with Gasteiger partial charge in [-0.2, -0.15) is 0 Å². The standard InChI is InChI=1S/C15H29N3O2/c1-12-11-17(3)13(2)10-14(12)16-5-4-15(19)18-6-8-20-9-7-18/h12-14,16H,4-11H2,1-3H3. The molecule has 2 aliphatic heterocycles. The molecule has 3 unspecified atom stereocenters. The third-order valence-corrected chi connectivity index (χ3v) is 4.72. The van der Waals surface area contributed by atoms with Crippen molar-refractivity contribution in [2.75, 3.05) is 46.4 Å². The highest BCUT2D eigenvalue weighted by molar-refractivity contribution is 5.76. The topological polar surface area (TPSA) is 44.8 Å². The lowest BCUT2D eigenvalue weighted by Gasteiger charge is -2.40. The Balaban J connectivity index is 1.68. The molecular weight excluding hydrogens is 254 g/mol. The van der Waals surface area contributed by atoms with Gasteiger partial charge < -0.3 is 19.9 Å². The van der Waals surface area contributed by atoms with E-state index in [9.17, 15) is 4.79 Å². The van der Waals surface area contributed by atoms with Gasteiger partial charge in [0, 0.05) is 44.7 Å². The molecule has 0 aromatic rings. The van der Waals surface area contributed by atoms with Gasteiger partial charge in [-0.3, -0.25) is 4.79 Å². The zero-order valence-electron chi connectivity index (χ0n) is 13.1. The number of likely N-dealkylation sites (tertiary alicyclic amines) is 1. The van der Waals surface area contributed by atoms with Crippen molar-refractivity contribution < 1.29 is 9.53 Å². The van der Waals surface area contributed by atoms with Gasteiger partial charge in [-0.25, -0.2) is 0 Å². The average Bonchev–Trinajstić information content (AvgIpc) is 2.45. The smallest absolute Gasteiger partial charge is 0.224 e. The Labute approximate surface area is 122 Å². The quantitative estimate of drug-likeness (QED) is 0.818. The molecule has 0 bridgehead atoms. The van der Waals surface area contributed by atoms with Gasteiger partial charge in [-0.05, 0) is 26.3 Å². The molecule has 2 saturated heterocycles. The second-order valence-corrected chi connectivity index (χ2v) is 6.31. The Morgan fingerprint density at radius 3 is 2.70 bits per heavy atom. The first-order chi connectivity index (χ1) is 9.58. The van der Waals surface area contributed by atoms with Crippen LogP contribution in [0.15, 0.2) is 0 Å². The van der Waals surface area contributed by atoms with Crippen LogP contribution < -0.4 is 5.32 Å². The van der Waals surface area contributed by atoms with Gasteiger partial charge in [-0.1, -0.05) is 6.92 Å². The fourth-order valence-electron chi connectivity index (χ4n) is 3.16. The van der Waals surface area contributed by atoms with Crippen molar-refractivity contribution in [1.29, 1.82) is 0 Å². The minimum absolute atomic E-state index is 0.259. The molecule has 0 aliphatic carbocycles. The number of carbonyl (C=O) groups excluding carboxylic acids is 1. The fourth-order valence-corrected chi connectivity index (χ4v) is 3.16. The van der Waals surface area contributed by atoms with Crippen molar-refractivity contribution in [3.05, 3.63) is 0 Å². The molecular formula is C15H29N3O2. The van der Waals surface area contributed by atoms with E-state index in [0.717, 1.165) is 26.2 Å². The lowest BCUT2D eigenvalue weighted by molar-refractivity contribution is -0.135. The summed E-state index contributed by atoms with van der Waals surface area (Å²) >= 11 is 0. The van der Waals surface area contributed by atoms with Crippen LogP contribution >= 0.6 is 0 Å². The molecule has 0 saturated carbocycles. The van der Waals surface area contributed by atoms with Crippen molar-refractivity contribution in [2.45, 2.75) is 38.8 Å². The number of piperidine rings is 1. The predicted molar refractivity (Wildman–Crippen MR) is 79.7 cm³/mol. The first-order valence-corrected chi connectivity index (χ1v) is 7.87. The molecule has 2 rings (SSSR count). The zero-order valence-corrected chi connectivity index (χ0v) is 13.1.